The third-order valence-electron chi connectivity index (χ3n) is 4.07. The van der Waals surface area contributed by atoms with Crippen molar-refractivity contribution in [2.24, 2.45) is 0 Å². The van der Waals surface area contributed by atoms with Gasteiger partial charge in [-0.2, -0.15) is 0 Å². The molecule has 0 saturated heterocycles. The average Bonchev–Trinajstić information content (AvgIpc) is 2.59. The van der Waals surface area contributed by atoms with E-state index < -0.39 is 11.3 Å². The summed E-state index contributed by atoms with van der Waals surface area (Å²) < 4.78 is 16.0. The zero-order valence-electron chi connectivity index (χ0n) is 13.8. The first-order valence-electron chi connectivity index (χ1n) is 7.93. The van der Waals surface area contributed by atoms with Gasteiger partial charge in [0.15, 0.2) is 0 Å². The Kier molecular flexibility index (Phi) is 3.73. The van der Waals surface area contributed by atoms with Gasteiger partial charge in [-0.25, -0.2) is 9.59 Å². The van der Waals surface area contributed by atoms with Crippen molar-refractivity contribution in [2.45, 2.75) is 13.5 Å². The molecule has 6 nitrogen and oxygen atoms in total. The molecule has 0 fully saturated rings. The van der Waals surface area contributed by atoms with Gasteiger partial charge in [0.1, 0.15) is 29.3 Å². The maximum Gasteiger partial charge on any atom is 0.339 e. The number of aromatic hydroxyl groups is 1. The maximum atomic E-state index is 11.8. The molecule has 4 rings (SSSR count). The Morgan fingerprint density at radius 3 is 2.50 bits per heavy atom. The number of aryl methyl sites for hydroxylation is 1. The lowest BCUT2D eigenvalue weighted by Crippen LogP contribution is -2.04. The van der Waals surface area contributed by atoms with Crippen LogP contribution in [0.25, 0.3) is 21.9 Å². The highest BCUT2D eigenvalue weighted by molar-refractivity contribution is 5.84. The van der Waals surface area contributed by atoms with Crippen molar-refractivity contribution in [1.29, 1.82) is 0 Å². The van der Waals surface area contributed by atoms with E-state index in [0.717, 1.165) is 17.0 Å². The molecular weight excluding hydrogens is 336 g/mol. The first-order chi connectivity index (χ1) is 12.5. The smallest absolute Gasteiger partial charge is 0.339 e. The van der Waals surface area contributed by atoms with Gasteiger partial charge in [-0.3, -0.25) is 0 Å². The molecule has 0 radical (unpaired) electrons. The van der Waals surface area contributed by atoms with Crippen LogP contribution in [-0.2, 0) is 6.61 Å². The van der Waals surface area contributed by atoms with Gasteiger partial charge in [0.05, 0.1) is 11.5 Å². The third-order valence-corrected chi connectivity index (χ3v) is 4.07. The second kappa shape index (κ2) is 6.07. The molecule has 0 aliphatic rings. The van der Waals surface area contributed by atoms with Crippen molar-refractivity contribution in [3.8, 4) is 11.5 Å². The molecule has 1 N–H and O–H groups in total. The zero-order chi connectivity index (χ0) is 18.3. The lowest BCUT2D eigenvalue weighted by Gasteiger charge is -2.09. The first-order valence-corrected chi connectivity index (χ1v) is 7.93. The fraction of sp³-hybridized carbons (Fsp3) is 0.100. The Morgan fingerprint density at radius 1 is 0.885 bits per heavy atom. The zero-order valence-corrected chi connectivity index (χ0v) is 13.8. The van der Waals surface area contributed by atoms with Crippen LogP contribution in [0.1, 0.15) is 11.1 Å². The summed E-state index contributed by atoms with van der Waals surface area (Å²) in [4.78, 5) is 23.1. The summed E-state index contributed by atoms with van der Waals surface area (Å²) in [5.41, 5.74) is 1.36. The minimum atomic E-state index is -0.644. The molecule has 0 atom stereocenters. The fourth-order valence-corrected chi connectivity index (χ4v) is 2.84. The highest BCUT2D eigenvalue weighted by Gasteiger charge is 2.09. The van der Waals surface area contributed by atoms with Crippen LogP contribution in [0.5, 0.6) is 11.5 Å². The molecule has 0 aliphatic heterocycles. The summed E-state index contributed by atoms with van der Waals surface area (Å²) in [5, 5.41) is 11.0. The highest BCUT2D eigenvalue weighted by atomic mass is 16.5. The van der Waals surface area contributed by atoms with E-state index in [1.807, 2.05) is 19.1 Å². The number of hydrogen-bond donors (Lipinski definition) is 1. The molecule has 2 heterocycles. The Bertz CT molecular complexity index is 1250. The topological polar surface area (TPSA) is 89.9 Å². The number of hydrogen-bond acceptors (Lipinski definition) is 6. The van der Waals surface area contributed by atoms with Gasteiger partial charge in [0.2, 0.25) is 0 Å². The van der Waals surface area contributed by atoms with Crippen LogP contribution in [-0.4, -0.2) is 5.11 Å². The number of benzene rings is 2. The third kappa shape index (κ3) is 2.93. The summed E-state index contributed by atoms with van der Waals surface area (Å²) in [6.07, 6.45) is 0. The Hall–Kier alpha value is -3.54. The van der Waals surface area contributed by atoms with Gasteiger partial charge < -0.3 is 18.7 Å². The maximum absolute atomic E-state index is 11.8. The van der Waals surface area contributed by atoms with Crippen molar-refractivity contribution in [2.75, 3.05) is 0 Å². The van der Waals surface area contributed by atoms with E-state index in [2.05, 4.69) is 0 Å². The SMILES string of the molecule is Cc1ccc2oc(=O)cc(COc3ccc4c(O)cc(=O)oc4c3)c2c1. The minimum absolute atomic E-state index is 0.139. The first kappa shape index (κ1) is 16.0. The molecule has 0 bridgehead atoms. The fourth-order valence-electron chi connectivity index (χ4n) is 2.84. The molecule has 0 unspecified atom stereocenters. The van der Waals surface area contributed by atoms with E-state index in [1.165, 1.54) is 12.1 Å². The van der Waals surface area contributed by atoms with Crippen molar-refractivity contribution in [3.05, 3.63) is 80.5 Å². The number of rotatable bonds is 3. The molecule has 2 aromatic heterocycles. The molecule has 130 valence electrons. The Balaban J connectivity index is 1.70. The molecule has 0 aliphatic carbocycles. The van der Waals surface area contributed by atoms with E-state index >= 15 is 0 Å². The lowest BCUT2D eigenvalue weighted by molar-refractivity contribution is 0.306. The van der Waals surface area contributed by atoms with E-state index in [0.29, 0.717) is 22.3 Å². The van der Waals surface area contributed by atoms with Crippen molar-refractivity contribution in [3.63, 3.8) is 0 Å². The molecule has 2 aromatic carbocycles. The molecule has 6 heteroatoms. The molecule has 4 aromatic rings. The Labute approximate surface area is 146 Å². The summed E-state index contributed by atoms with van der Waals surface area (Å²) >= 11 is 0. The normalized spacial score (nSPS) is 11.1. The predicted molar refractivity (Wildman–Crippen MR) is 95.7 cm³/mol. The van der Waals surface area contributed by atoms with Gasteiger partial charge >= 0.3 is 11.3 Å². The van der Waals surface area contributed by atoms with E-state index in [1.54, 1.807) is 18.2 Å². The second-order valence-corrected chi connectivity index (χ2v) is 5.99. The minimum Gasteiger partial charge on any atom is -0.507 e. The van der Waals surface area contributed by atoms with Crippen LogP contribution in [0.15, 0.2) is 67.0 Å². The molecule has 0 saturated carbocycles. The van der Waals surface area contributed by atoms with Crippen LogP contribution in [0, 0.1) is 6.92 Å². The van der Waals surface area contributed by atoms with E-state index in [-0.39, 0.29) is 17.9 Å². The Morgan fingerprint density at radius 2 is 1.65 bits per heavy atom. The van der Waals surface area contributed by atoms with E-state index in [4.69, 9.17) is 13.6 Å². The van der Waals surface area contributed by atoms with Crippen molar-refractivity contribution >= 4 is 21.9 Å². The summed E-state index contributed by atoms with van der Waals surface area (Å²) in [5.74, 6) is 0.297. The molecule has 0 spiro atoms. The summed E-state index contributed by atoms with van der Waals surface area (Å²) in [7, 11) is 0. The standard InChI is InChI=1S/C20H14O6/c1-11-2-5-17-15(6-11)12(7-19(22)25-17)10-24-13-3-4-14-16(21)9-20(23)26-18(14)8-13/h2-9,21H,10H2,1H3. The summed E-state index contributed by atoms with van der Waals surface area (Å²) in [6.45, 7) is 2.09. The van der Waals surface area contributed by atoms with Crippen LogP contribution in [0.4, 0.5) is 0 Å². The number of fused-ring (bicyclic) bond motifs is 2. The monoisotopic (exact) mass is 350 g/mol. The largest absolute Gasteiger partial charge is 0.507 e. The summed E-state index contributed by atoms with van der Waals surface area (Å²) in [6, 6.07) is 12.7. The van der Waals surface area contributed by atoms with Gasteiger partial charge in [0.25, 0.3) is 0 Å². The highest BCUT2D eigenvalue weighted by Crippen LogP contribution is 2.27. The van der Waals surface area contributed by atoms with Crippen LogP contribution >= 0.6 is 0 Å². The molecule has 0 amide bonds. The van der Waals surface area contributed by atoms with Gasteiger partial charge in [0, 0.05) is 23.1 Å². The molecule has 26 heavy (non-hydrogen) atoms. The predicted octanol–water partition coefficient (Wildman–Crippen LogP) is 3.49. The number of ether oxygens (including phenoxy) is 1. The quantitative estimate of drug-likeness (QED) is 0.569. The average molecular weight is 350 g/mol. The van der Waals surface area contributed by atoms with Gasteiger partial charge in [-0.1, -0.05) is 11.6 Å². The molecular formula is C20H14O6. The van der Waals surface area contributed by atoms with Crippen LogP contribution in [0.3, 0.4) is 0 Å². The van der Waals surface area contributed by atoms with Gasteiger partial charge in [-0.15, -0.1) is 0 Å². The van der Waals surface area contributed by atoms with E-state index in [9.17, 15) is 14.7 Å². The van der Waals surface area contributed by atoms with Crippen molar-refractivity contribution < 1.29 is 18.7 Å². The van der Waals surface area contributed by atoms with Gasteiger partial charge in [-0.05, 0) is 31.2 Å². The van der Waals surface area contributed by atoms with Crippen LogP contribution in [0.2, 0.25) is 0 Å². The van der Waals surface area contributed by atoms with Crippen LogP contribution < -0.4 is 16.0 Å². The second-order valence-electron chi connectivity index (χ2n) is 5.99. The lowest BCUT2D eigenvalue weighted by atomic mass is 10.1. The van der Waals surface area contributed by atoms with Crippen molar-refractivity contribution in [1.82, 2.24) is 0 Å².